The second-order valence-electron chi connectivity index (χ2n) is 5.86. The van der Waals surface area contributed by atoms with E-state index in [9.17, 15) is 14.4 Å². The normalized spacial score (nSPS) is 12.5. The van der Waals surface area contributed by atoms with Crippen LogP contribution in [0.15, 0.2) is 53.4 Å². The van der Waals surface area contributed by atoms with Gasteiger partial charge < -0.3 is 14.8 Å². The highest BCUT2D eigenvalue weighted by Crippen LogP contribution is 2.24. The molecule has 0 unspecified atom stereocenters. The van der Waals surface area contributed by atoms with E-state index in [0.29, 0.717) is 11.4 Å². The Kier molecular flexibility index (Phi) is 5.61. The zero-order chi connectivity index (χ0) is 19.4. The van der Waals surface area contributed by atoms with Gasteiger partial charge in [0.2, 0.25) is 11.6 Å². The number of H-pyrrole nitrogens is 1. The molecule has 0 amide bonds. The minimum atomic E-state index is -0.983. The van der Waals surface area contributed by atoms with Crippen molar-refractivity contribution in [2.45, 2.75) is 11.3 Å². The number of rotatable bonds is 4. The molecule has 1 aromatic heterocycles. The molecule has 1 heterocycles. The van der Waals surface area contributed by atoms with Gasteiger partial charge in [-0.05, 0) is 36.1 Å². The highest BCUT2D eigenvalue weighted by molar-refractivity contribution is 7.98. The van der Waals surface area contributed by atoms with Crippen molar-refractivity contribution in [2.75, 3.05) is 12.9 Å². The third kappa shape index (κ3) is 4.38. The Balaban J connectivity index is 0.000000156. The van der Waals surface area contributed by atoms with E-state index in [0.717, 1.165) is 21.4 Å². The number of carbonyl (C=O) groups excluding carboxylic acids is 2. The van der Waals surface area contributed by atoms with Gasteiger partial charge in [-0.3, -0.25) is 9.59 Å². The Morgan fingerprint density at radius 3 is 2.67 bits per heavy atom. The molecule has 1 aliphatic carbocycles. The summed E-state index contributed by atoms with van der Waals surface area (Å²) < 4.78 is 5.00. The van der Waals surface area contributed by atoms with Crippen molar-refractivity contribution in [2.24, 2.45) is 0 Å². The lowest BCUT2D eigenvalue weighted by molar-refractivity contribution is -0.139. The van der Waals surface area contributed by atoms with Crippen LogP contribution in [0.1, 0.15) is 15.9 Å². The zero-order valence-electron chi connectivity index (χ0n) is 14.5. The first-order valence-electron chi connectivity index (χ1n) is 8.14. The molecule has 4 rings (SSSR count). The number of hydrogen-bond donors (Lipinski definition) is 2. The van der Waals surface area contributed by atoms with Crippen LogP contribution in [0.5, 0.6) is 5.88 Å². The van der Waals surface area contributed by atoms with Crippen molar-refractivity contribution >= 4 is 40.2 Å². The molecule has 2 N–H and O–H groups in total. The lowest BCUT2D eigenvalue weighted by atomic mass is 10.1. The summed E-state index contributed by atoms with van der Waals surface area (Å²) in [7, 11) is 0. The summed E-state index contributed by atoms with van der Waals surface area (Å²) in [5.41, 5.74) is 2.40. The van der Waals surface area contributed by atoms with Crippen molar-refractivity contribution < 1.29 is 24.2 Å². The highest BCUT2D eigenvalue weighted by atomic mass is 32.2. The summed E-state index contributed by atoms with van der Waals surface area (Å²) in [6.07, 6.45) is 2.25. The number of aliphatic carboxylic acids is 1. The first-order chi connectivity index (χ1) is 13.0. The number of aromatic nitrogens is 1. The van der Waals surface area contributed by atoms with Crippen molar-refractivity contribution in [1.82, 2.24) is 4.98 Å². The van der Waals surface area contributed by atoms with Gasteiger partial charge in [-0.2, -0.15) is 0 Å². The number of fused-ring (bicyclic) bond motifs is 2. The van der Waals surface area contributed by atoms with Crippen LogP contribution in [-0.4, -0.2) is 40.5 Å². The summed E-state index contributed by atoms with van der Waals surface area (Å²) >= 11 is 1.61. The quantitative estimate of drug-likeness (QED) is 0.530. The second-order valence-corrected chi connectivity index (χ2v) is 6.74. The fraction of sp³-hybridized carbons (Fsp3) is 0.150. The number of carbonyl (C=O) groups is 3. The number of Topliss-reactive ketones (excluding diaryl/α,β-unsaturated/α-hetero) is 2. The maximum absolute atomic E-state index is 11.2. The predicted molar refractivity (Wildman–Crippen MR) is 103 cm³/mol. The molecule has 2 aromatic carbocycles. The Morgan fingerprint density at radius 2 is 1.96 bits per heavy atom. The number of nitrogens with one attached hydrogen (secondary N) is 1. The fourth-order valence-electron chi connectivity index (χ4n) is 2.73. The molecular weight excluding hydrogens is 366 g/mol. The average Bonchev–Trinajstić information content (AvgIpc) is 3.20. The lowest BCUT2D eigenvalue weighted by Crippen LogP contribution is -2.09. The van der Waals surface area contributed by atoms with Crippen LogP contribution in [0, 0.1) is 0 Å². The van der Waals surface area contributed by atoms with Crippen molar-refractivity contribution in [3.8, 4) is 5.88 Å². The summed E-state index contributed by atoms with van der Waals surface area (Å²) in [4.78, 5) is 36.6. The van der Waals surface area contributed by atoms with E-state index >= 15 is 0 Å². The van der Waals surface area contributed by atoms with E-state index in [4.69, 9.17) is 9.84 Å². The maximum atomic E-state index is 11.2. The number of thioether (sulfide) groups is 1. The van der Waals surface area contributed by atoms with Gasteiger partial charge in [0.15, 0.2) is 12.5 Å². The molecule has 27 heavy (non-hydrogen) atoms. The third-order valence-electron chi connectivity index (χ3n) is 4.02. The van der Waals surface area contributed by atoms with E-state index in [1.807, 2.05) is 42.7 Å². The number of benzene rings is 2. The molecule has 1 aliphatic rings. The molecule has 0 fully saturated rings. The number of carboxylic acid groups (broad SMARTS) is 1. The van der Waals surface area contributed by atoms with Gasteiger partial charge in [-0.25, -0.2) is 4.79 Å². The van der Waals surface area contributed by atoms with Gasteiger partial charge in [0.25, 0.3) is 0 Å². The predicted octanol–water partition coefficient (Wildman–Crippen LogP) is 3.35. The van der Waals surface area contributed by atoms with Crippen LogP contribution >= 0.6 is 11.8 Å². The number of ketones is 2. The molecule has 0 bridgehead atoms. The maximum Gasteiger partial charge on any atom is 0.341 e. The van der Waals surface area contributed by atoms with Crippen LogP contribution in [0.25, 0.3) is 10.9 Å². The largest absolute Gasteiger partial charge is 0.479 e. The van der Waals surface area contributed by atoms with Crippen molar-refractivity contribution in [3.63, 3.8) is 0 Å². The Bertz CT molecular complexity index is 991. The SMILES string of the molecule is CSc1ccc2c(c1)CC(=O)C2=O.O=C(O)COc1cc2ccccc2[nH]1. The first kappa shape index (κ1) is 18.7. The van der Waals surface area contributed by atoms with Gasteiger partial charge in [0.05, 0.1) is 0 Å². The minimum absolute atomic E-state index is 0.280. The molecule has 138 valence electrons. The molecule has 6 nitrogen and oxygen atoms in total. The third-order valence-corrected chi connectivity index (χ3v) is 4.74. The van der Waals surface area contributed by atoms with Gasteiger partial charge in [-0.15, -0.1) is 11.8 Å². The molecule has 0 atom stereocenters. The average molecular weight is 383 g/mol. The van der Waals surface area contributed by atoms with Gasteiger partial charge in [0.1, 0.15) is 0 Å². The van der Waals surface area contributed by atoms with Gasteiger partial charge in [-0.1, -0.05) is 18.2 Å². The standard InChI is InChI=1S/C10H9NO3.C10H8O2S/c12-10(13)6-14-9-5-7-3-1-2-4-8(7)11-9;1-13-7-2-3-8-6(4-7)5-9(11)10(8)12/h1-5,11H,6H2,(H,12,13);2-4H,5H2,1H3. The van der Waals surface area contributed by atoms with Crippen LogP contribution in [0.4, 0.5) is 0 Å². The number of hydrogen-bond acceptors (Lipinski definition) is 5. The summed E-state index contributed by atoms with van der Waals surface area (Å²) in [6.45, 7) is -0.327. The molecule has 0 aliphatic heterocycles. The first-order valence-corrected chi connectivity index (χ1v) is 9.37. The van der Waals surface area contributed by atoms with Crippen LogP contribution in [0.2, 0.25) is 0 Å². The van der Waals surface area contributed by atoms with Crippen LogP contribution in [0.3, 0.4) is 0 Å². The second kappa shape index (κ2) is 8.09. The van der Waals surface area contributed by atoms with Crippen LogP contribution in [-0.2, 0) is 16.0 Å². The van der Waals surface area contributed by atoms with E-state index in [-0.39, 0.29) is 24.6 Å². The molecule has 0 radical (unpaired) electrons. The van der Waals surface area contributed by atoms with E-state index in [2.05, 4.69) is 4.98 Å². The molecule has 0 saturated heterocycles. The molecule has 0 spiro atoms. The lowest BCUT2D eigenvalue weighted by Gasteiger charge is -1.98. The molecule has 3 aromatic rings. The Hall–Kier alpha value is -3.06. The summed E-state index contributed by atoms with van der Waals surface area (Å²) in [5, 5.41) is 9.42. The highest BCUT2D eigenvalue weighted by Gasteiger charge is 2.27. The zero-order valence-corrected chi connectivity index (χ0v) is 15.3. The van der Waals surface area contributed by atoms with Crippen LogP contribution < -0.4 is 4.74 Å². The summed E-state index contributed by atoms with van der Waals surface area (Å²) in [5.74, 6) is -1.12. The number of para-hydroxylation sites is 1. The topological polar surface area (TPSA) is 96.5 Å². The minimum Gasteiger partial charge on any atom is -0.479 e. The summed E-state index contributed by atoms with van der Waals surface area (Å²) in [6, 6.07) is 15.0. The van der Waals surface area contributed by atoms with Crippen molar-refractivity contribution in [3.05, 3.63) is 59.7 Å². The monoisotopic (exact) mass is 383 g/mol. The fourth-order valence-corrected chi connectivity index (χ4v) is 3.20. The molecule has 7 heteroatoms. The Morgan fingerprint density at radius 1 is 1.19 bits per heavy atom. The van der Waals surface area contributed by atoms with Crippen molar-refractivity contribution in [1.29, 1.82) is 0 Å². The van der Waals surface area contributed by atoms with Gasteiger partial charge >= 0.3 is 5.97 Å². The smallest absolute Gasteiger partial charge is 0.341 e. The number of carboxylic acids is 1. The van der Waals surface area contributed by atoms with E-state index < -0.39 is 5.97 Å². The Labute approximate surface area is 159 Å². The van der Waals surface area contributed by atoms with Gasteiger partial charge in [0, 0.05) is 33.8 Å². The molecule has 0 saturated carbocycles. The number of ether oxygens (including phenoxy) is 1. The molecular formula is C20H17NO5S. The number of aromatic amines is 1. The van der Waals surface area contributed by atoms with E-state index in [1.165, 1.54) is 0 Å². The van der Waals surface area contributed by atoms with E-state index in [1.54, 1.807) is 23.9 Å².